The number of aliphatic hydroxyl groups is 1. The molecular formula is C21H20O2P+. The highest BCUT2D eigenvalue weighted by Crippen LogP contribution is 2.57. The van der Waals surface area contributed by atoms with E-state index in [0.717, 1.165) is 0 Å². The van der Waals surface area contributed by atoms with Gasteiger partial charge in [0.25, 0.3) is 0 Å². The first-order valence-electron chi connectivity index (χ1n) is 7.79. The molecule has 2 nitrogen and oxygen atoms in total. The Hall–Kier alpha value is -2.57. The number of benzene rings is 3. The molecule has 1 N–H and O–H groups in total. The molecule has 0 unspecified atom stereocenters. The van der Waals surface area contributed by atoms with E-state index in [1.165, 1.54) is 23.0 Å². The van der Waals surface area contributed by atoms with E-state index in [1.807, 2.05) is 60.4 Å². The van der Waals surface area contributed by atoms with Crippen LogP contribution >= 0.6 is 7.26 Å². The molecule has 0 aliphatic rings. The number of aliphatic hydroxyl groups excluding tert-OH is 1. The van der Waals surface area contributed by atoms with Crippen molar-refractivity contribution >= 4 is 23.2 Å². The van der Waals surface area contributed by atoms with Crippen LogP contribution in [0.2, 0.25) is 0 Å². The second-order valence-corrected chi connectivity index (χ2v) is 8.65. The molecule has 0 atom stereocenters. The van der Waals surface area contributed by atoms with Crippen LogP contribution in [0.15, 0.2) is 103 Å². The Kier molecular flexibility index (Phi) is 4.98. The highest BCUT2D eigenvalue weighted by Gasteiger charge is 2.44. The lowest BCUT2D eigenvalue weighted by molar-refractivity contribution is 0.137. The minimum absolute atomic E-state index is 0.0557. The summed E-state index contributed by atoms with van der Waals surface area (Å²) in [6.45, 7) is 0. The van der Waals surface area contributed by atoms with Gasteiger partial charge in [-0.15, -0.1) is 0 Å². The molecule has 0 heterocycles. The fourth-order valence-corrected chi connectivity index (χ4v) is 6.58. The summed E-state index contributed by atoms with van der Waals surface area (Å²) >= 11 is 0. The van der Waals surface area contributed by atoms with Crippen molar-refractivity contribution in [1.29, 1.82) is 0 Å². The van der Waals surface area contributed by atoms with E-state index in [1.54, 1.807) is 0 Å². The Morgan fingerprint density at radius 2 is 1.04 bits per heavy atom. The van der Waals surface area contributed by atoms with Gasteiger partial charge in [0, 0.05) is 0 Å². The minimum Gasteiger partial charge on any atom is -0.479 e. The van der Waals surface area contributed by atoms with E-state index in [0.29, 0.717) is 0 Å². The van der Waals surface area contributed by atoms with Gasteiger partial charge in [-0.2, -0.15) is 0 Å². The quantitative estimate of drug-likeness (QED) is 0.564. The summed E-state index contributed by atoms with van der Waals surface area (Å²) in [5, 5.41) is 13.8. The van der Waals surface area contributed by atoms with Crippen molar-refractivity contribution in [3.05, 3.63) is 103 Å². The minimum atomic E-state index is -2.16. The average Bonchev–Trinajstić information content (AvgIpc) is 2.68. The van der Waals surface area contributed by atoms with Gasteiger partial charge in [-0.3, -0.25) is 0 Å². The molecule has 3 aromatic carbocycles. The lowest BCUT2D eigenvalue weighted by Gasteiger charge is -2.23. The first-order valence-corrected chi connectivity index (χ1v) is 9.64. The van der Waals surface area contributed by atoms with Crippen LogP contribution in [-0.4, -0.2) is 12.2 Å². The summed E-state index contributed by atoms with van der Waals surface area (Å²) in [6, 6.07) is 30.9. The summed E-state index contributed by atoms with van der Waals surface area (Å²) in [4.78, 5) is 0. The summed E-state index contributed by atoms with van der Waals surface area (Å²) in [5.74, 6) is 1.83. The van der Waals surface area contributed by atoms with E-state index in [-0.39, 0.29) is 5.95 Å². The third kappa shape index (κ3) is 3.06. The maximum atomic E-state index is 10.2. The monoisotopic (exact) mass is 335 g/mol. The molecule has 0 bridgehead atoms. The average molecular weight is 335 g/mol. The molecule has 3 heteroatoms. The van der Waals surface area contributed by atoms with Crippen LogP contribution in [0.5, 0.6) is 0 Å². The summed E-state index contributed by atoms with van der Waals surface area (Å²) < 4.78 is 5.11. The third-order valence-corrected chi connectivity index (χ3v) is 7.95. The van der Waals surface area contributed by atoms with Gasteiger partial charge in [0.1, 0.15) is 23.2 Å². The number of ether oxygens (including phenoxy) is 1. The maximum absolute atomic E-state index is 10.2. The van der Waals surface area contributed by atoms with E-state index >= 15 is 0 Å². The summed E-state index contributed by atoms with van der Waals surface area (Å²) in [7, 11) is -0.675. The fraction of sp³-hybridized carbons (Fsp3) is 0.0476. The highest BCUT2D eigenvalue weighted by atomic mass is 31.2. The molecule has 0 aliphatic carbocycles. The Balaban J connectivity index is 2.37. The van der Waals surface area contributed by atoms with Gasteiger partial charge in [0.15, 0.2) is 5.82 Å². The molecule has 0 fully saturated rings. The van der Waals surface area contributed by atoms with Crippen molar-refractivity contribution in [1.82, 2.24) is 0 Å². The van der Waals surface area contributed by atoms with E-state index in [4.69, 9.17) is 4.74 Å². The van der Waals surface area contributed by atoms with E-state index in [2.05, 4.69) is 36.4 Å². The second-order valence-electron chi connectivity index (χ2n) is 5.40. The number of rotatable bonds is 5. The van der Waals surface area contributed by atoms with Gasteiger partial charge < -0.3 is 9.84 Å². The Bertz CT molecular complexity index is 702. The first-order chi connectivity index (χ1) is 11.8. The molecule has 0 radical (unpaired) electrons. The largest absolute Gasteiger partial charge is 0.479 e. The third-order valence-electron chi connectivity index (χ3n) is 4.00. The molecule has 0 saturated carbocycles. The van der Waals surface area contributed by atoms with Gasteiger partial charge in [-0.05, 0) is 36.4 Å². The SMILES string of the molecule is CO/C(O)=C/[P+](c1ccccc1)(c1ccccc1)c1ccccc1. The second kappa shape index (κ2) is 7.33. The molecule has 3 aromatic rings. The number of hydrogen-bond acceptors (Lipinski definition) is 2. The molecule has 0 spiro atoms. The van der Waals surface area contributed by atoms with Crippen molar-refractivity contribution in [2.45, 2.75) is 0 Å². The number of methoxy groups -OCH3 is 1. The molecule has 0 amide bonds. The van der Waals surface area contributed by atoms with Gasteiger partial charge in [0.05, 0.1) is 7.11 Å². The zero-order chi connectivity index (χ0) is 16.8. The fourth-order valence-electron chi connectivity index (χ4n) is 2.88. The molecule has 0 aliphatic heterocycles. The van der Waals surface area contributed by atoms with Crippen LogP contribution in [0.25, 0.3) is 0 Å². The topological polar surface area (TPSA) is 29.5 Å². The van der Waals surface area contributed by atoms with Crippen LogP contribution < -0.4 is 15.9 Å². The van der Waals surface area contributed by atoms with Crippen LogP contribution in [0.3, 0.4) is 0 Å². The molecule has 24 heavy (non-hydrogen) atoms. The van der Waals surface area contributed by atoms with E-state index < -0.39 is 7.26 Å². The standard InChI is InChI=1S/C21H19O2P/c1-23-21(22)17-24(18-11-5-2-6-12-18,19-13-7-3-8-14-19)20-15-9-4-10-16-20/h2-17H,1H3/p+1/b21-17+. The normalized spacial score (nSPS) is 12.0. The Morgan fingerprint density at radius 1 is 0.708 bits per heavy atom. The highest BCUT2D eigenvalue weighted by molar-refractivity contribution is 7.98. The lowest BCUT2D eigenvalue weighted by Crippen LogP contribution is -2.30. The van der Waals surface area contributed by atoms with Crippen molar-refractivity contribution in [3.63, 3.8) is 0 Å². The molecule has 0 saturated heterocycles. The Labute approximate surface area is 143 Å². The van der Waals surface area contributed by atoms with E-state index in [9.17, 15) is 5.11 Å². The van der Waals surface area contributed by atoms with Crippen LogP contribution in [-0.2, 0) is 4.74 Å². The molecule has 3 rings (SSSR count). The molecule has 120 valence electrons. The predicted molar refractivity (Wildman–Crippen MR) is 103 cm³/mol. The first kappa shape index (κ1) is 16.3. The van der Waals surface area contributed by atoms with Crippen LogP contribution in [0, 0.1) is 0 Å². The van der Waals surface area contributed by atoms with Gasteiger partial charge >= 0.3 is 5.95 Å². The molecular weight excluding hydrogens is 315 g/mol. The van der Waals surface area contributed by atoms with Gasteiger partial charge in [-0.25, -0.2) is 0 Å². The van der Waals surface area contributed by atoms with Crippen molar-refractivity contribution in [3.8, 4) is 0 Å². The lowest BCUT2D eigenvalue weighted by atomic mass is 10.4. The molecule has 0 aromatic heterocycles. The van der Waals surface area contributed by atoms with Crippen LogP contribution in [0.4, 0.5) is 0 Å². The van der Waals surface area contributed by atoms with Crippen LogP contribution in [0.1, 0.15) is 0 Å². The van der Waals surface area contributed by atoms with Gasteiger partial charge in [-0.1, -0.05) is 54.6 Å². The zero-order valence-corrected chi connectivity index (χ0v) is 14.4. The van der Waals surface area contributed by atoms with Gasteiger partial charge in [0.2, 0.25) is 0 Å². The predicted octanol–water partition coefficient (Wildman–Crippen LogP) is 3.98. The van der Waals surface area contributed by atoms with Crippen molar-refractivity contribution in [2.75, 3.05) is 7.11 Å². The summed E-state index contributed by atoms with van der Waals surface area (Å²) in [5.41, 5.74) is 0. The van der Waals surface area contributed by atoms with Crippen molar-refractivity contribution < 1.29 is 9.84 Å². The number of hydrogen-bond donors (Lipinski definition) is 1. The van der Waals surface area contributed by atoms with Crippen molar-refractivity contribution in [2.24, 2.45) is 0 Å². The Morgan fingerprint density at radius 3 is 1.33 bits per heavy atom. The smallest absolute Gasteiger partial charge is 0.314 e. The maximum Gasteiger partial charge on any atom is 0.314 e. The summed E-state index contributed by atoms with van der Waals surface area (Å²) in [6.07, 6.45) is 0. The zero-order valence-electron chi connectivity index (χ0n) is 13.5.